The number of carbonyl (C=O) groups is 2. The van der Waals surface area contributed by atoms with Crippen LogP contribution < -0.4 is 0 Å². The quantitative estimate of drug-likeness (QED) is 0.452. The van der Waals surface area contributed by atoms with Crippen LogP contribution in [0.25, 0.3) is 0 Å². The smallest absolute Gasteiger partial charge is 0.314 e. The van der Waals surface area contributed by atoms with E-state index in [9.17, 15) is 19.8 Å². The first-order valence-electron chi connectivity index (χ1n) is 10.7. The number of ether oxygens (including phenoxy) is 1. The first kappa shape index (κ1) is 21.8. The molecule has 0 aromatic rings. The highest BCUT2D eigenvalue weighted by Crippen LogP contribution is 2.61. The van der Waals surface area contributed by atoms with Crippen LogP contribution in [0.15, 0.2) is 11.8 Å². The molecule has 5 heteroatoms. The van der Waals surface area contributed by atoms with Crippen molar-refractivity contribution in [2.24, 2.45) is 22.7 Å². The van der Waals surface area contributed by atoms with Gasteiger partial charge >= 0.3 is 11.9 Å². The molecule has 2 N–H and O–H groups in total. The summed E-state index contributed by atoms with van der Waals surface area (Å²) in [4.78, 5) is 25.4. The van der Waals surface area contributed by atoms with Crippen LogP contribution in [-0.2, 0) is 14.3 Å². The van der Waals surface area contributed by atoms with Crippen molar-refractivity contribution in [3.63, 3.8) is 0 Å². The number of epoxide rings is 1. The maximum absolute atomic E-state index is 12.7. The van der Waals surface area contributed by atoms with Crippen LogP contribution in [0.2, 0.25) is 0 Å². The lowest BCUT2D eigenvalue weighted by Gasteiger charge is -2.47. The average Bonchev–Trinajstić information content (AvgIpc) is 3.37. The third-order valence-electron chi connectivity index (χ3n) is 6.90. The maximum atomic E-state index is 12.7. The monoisotopic (exact) mass is 380 g/mol. The molecule has 2 rings (SSSR count). The zero-order valence-electron chi connectivity index (χ0n) is 17.3. The van der Waals surface area contributed by atoms with E-state index >= 15 is 0 Å². The molecule has 0 aromatic carbocycles. The normalized spacial score (nSPS) is 31.3. The van der Waals surface area contributed by atoms with Crippen molar-refractivity contribution in [1.82, 2.24) is 0 Å². The third kappa shape index (κ3) is 4.02. The number of carboxylic acids is 2. The van der Waals surface area contributed by atoms with Gasteiger partial charge in [0, 0.05) is 6.42 Å². The minimum Gasteiger partial charge on any atom is -0.483 e. The Balaban J connectivity index is 2.54. The molecule has 0 bridgehead atoms. The van der Waals surface area contributed by atoms with Gasteiger partial charge in [-0.2, -0.15) is 0 Å². The molecule has 1 heterocycles. The van der Waals surface area contributed by atoms with E-state index in [1.165, 1.54) is 0 Å². The fourth-order valence-corrected chi connectivity index (χ4v) is 5.18. The van der Waals surface area contributed by atoms with Crippen molar-refractivity contribution in [2.45, 2.75) is 91.6 Å². The SMILES string of the molecule is CCCC(CC)CC1(C(=O)O)C=C2OC2CC1(CC(CC)CCC)C(=O)O. The summed E-state index contributed by atoms with van der Waals surface area (Å²) in [7, 11) is 0. The summed E-state index contributed by atoms with van der Waals surface area (Å²) in [5, 5.41) is 20.8. The second-order valence-corrected chi connectivity index (χ2v) is 8.56. The molecular weight excluding hydrogens is 344 g/mol. The highest BCUT2D eigenvalue weighted by atomic mass is 16.6. The molecule has 1 fully saturated rings. The van der Waals surface area contributed by atoms with E-state index in [2.05, 4.69) is 27.7 Å². The molecule has 0 amide bonds. The van der Waals surface area contributed by atoms with E-state index < -0.39 is 22.8 Å². The summed E-state index contributed by atoms with van der Waals surface area (Å²) in [6.45, 7) is 8.32. The lowest BCUT2D eigenvalue weighted by Crippen LogP contribution is -2.55. The summed E-state index contributed by atoms with van der Waals surface area (Å²) in [5.74, 6) is -0.888. The molecule has 5 nitrogen and oxygen atoms in total. The Morgan fingerprint density at radius 1 is 1.04 bits per heavy atom. The first-order valence-corrected chi connectivity index (χ1v) is 10.7. The van der Waals surface area contributed by atoms with Crippen LogP contribution in [-0.4, -0.2) is 28.3 Å². The van der Waals surface area contributed by atoms with E-state index in [1.807, 2.05) is 0 Å². The predicted octanol–water partition coefficient (Wildman–Crippen LogP) is 5.25. The lowest BCUT2D eigenvalue weighted by atomic mass is 9.52. The standard InChI is InChI=1S/C22H36O5/c1-5-9-15(7-3)11-21(19(23)24)13-17-18(27-17)14-22(21,20(25)26)12-16(8-4)10-6-2/h13,15-16,18H,5-12,14H2,1-4H3,(H,23,24)(H,25,26). The predicted molar refractivity (Wildman–Crippen MR) is 104 cm³/mol. The summed E-state index contributed by atoms with van der Waals surface area (Å²) in [6, 6.07) is 0. The van der Waals surface area contributed by atoms with Gasteiger partial charge < -0.3 is 14.9 Å². The molecule has 1 saturated heterocycles. The number of hydrogen-bond acceptors (Lipinski definition) is 3. The average molecular weight is 381 g/mol. The Morgan fingerprint density at radius 3 is 2.04 bits per heavy atom. The van der Waals surface area contributed by atoms with E-state index in [1.54, 1.807) is 6.08 Å². The van der Waals surface area contributed by atoms with Crippen LogP contribution in [0.1, 0.15) is 85.5 Å². The Morgan fingerprint density at radius 2 is 1.59 bits per heavy atom. The summed E-state index contributed by atoms with van der Waals surface area (Å²) < 4.78 is 5.57. The lowest BCUT2D eigenvalue weighted by molar-refractivity contribution is -0.175. The fraction of sp³-hybridized carbons (Fsp3) is 0.818. The largest absolute Gasteiger partial charge is 0.483 e. The molecule has 0 aromatic heterocycles. The van der Waals surface area contributed by atoms with Gasteiger partial charge in [-0.05, 0) is 30.8 Å². The summed E-state index contributed by atoms with van der Waals surface area (Å²) in [5.41, 5.74) is -2.70. The molecule has 27 heavy (non-hydrogen) atoms. The Bertz CT molecular complexity index is 583. The molecule has 154 valence electrons. The molecule has 2 aliphatic rings. The van der Waals surface area contributed by atoms with Gasteiger partial charge in [0.25, 0.3) is 0 Å². The summed E-state index contributed by atoms with van der Waals surface area (Å²) in [6.07, 6.45) is 8.05. The number of aliphatic carboxylic acids is 2. The van der Waals surface area contributed by atoms with Crippen LogP contribution in [0.5, 0.6) is 0 Å². The molecule has 0 saturated carbocycles. The van der Waals surface area contributed by atoms with Gasteiger partial charge in [0.05, 0.1) is 5.41 Å². The molecular formula is C22H36O5. The second-order valence-electron chi connectivity index (χ2n) is 8.56. The maximum Gasteiger partial charge on any atom is 0.314 e. The van der Waals surface area contributed by atoms with Crippen molar-refractivity contribution in [2.75, 3.05) is 0 Å². The van der Waals surface area contributed by atoms with Gasteiger partial charge in [-0.15, -0.1) is 0 Å². The highest BCUT2D eigenvalue weighted by Gasteiger charge is 2.67. The molecule has 0 spiro atoms. The van der Waals surface area contributed by atoms with Crippen LogP contribution in [0.4, 0.5) is 0 Å². The zero-order valence-corrected chi connectivity index (χ0v) is 17.3. The Hall–Kier alpha value is -1.52. The Labute approximate surface area is 163 Å². The Kier molecular flexibility index (Phi) is 6.98. The molecule has 1 aliphatic heterocycles. The van der Waals surface area contributed by atoms with Crippen LogP contribution in [0.3, 0.4) is 0 Å². The first-order chi connectivity index (χ1) is 12.8. The number of carboxylic acid groups (broad SMARTS) is 2. The van der Waals surface area contributed by atoms with Crippen molar-refractivity contribution in [1.29, 1.82) is 0 Å². The van der Waals surface area contributed by atoms with Crippen molar-refractivity contribution in [3.8, 4) is 0 Å². The molecule has 0 radical (unpaired) electrons. The van der Waals surface area contributed by atoms with Gasteiger partial charge in [0.2, 0.25) is 0 Å². The number of hydrogen-bond donors (Lipinski definition) is 2. The topological polar surface area (TPSA) is 87.1 Å². The molecule has 5 unspecified atom stereocenters. The zero-order chi connectivity index (χ0) is 20.2. The fourth-order valence-electron chi connectivity index (χ4n) is 5.18. The van der Waals surface area contributed by atoms with Crippen LogP contribution in [0, 0.1) is 22.7 Å². The third-order valence-corrected chi connectivity index (χ3v) is 6.90. The number of rotatable bonds is 12. The highest BCUT2D eigenvalue weighted by molar-refractivity contribution is 5.89. The second kappa shape index (κ2) is 8.66. The van der Waals surface area contributed by atoms with Crippen molar-refractivity contribution < 1.29 is 24.5 Å². The van der Waals surface area contributed by atoms with Gasteiger partial charge in [0.1, 0.15) is 11.2 Å². The molecule has 1 aliphatic carbocycles. The number of fused-ring (bicyclic) bond motifs is 1. The van der Waals surface area contributed by atoms with E-state index in [0.717, 1.165) is 38.5 Å². The van der Waals surface area contributed by atoms with E-state index in [0.29, 0.717) is 18.6 Å². The van der Waals surface area contributed by atoms with Gasteiger partial charge in [-0.1, -0.05) is 66.2 Å². The van der Waals surface area contributed by atoms with E-state index in [4.69, 9.17) is 4.74 Å². The van der Waals surface area contributed by atoms with Crippen molar-refractivity contribution in [3.05, 3.63) is 11.8 Å². The van der Waals surface area contributed by atoms with Crippen molar-refractivity contribution >= 4 is 11.9 Å². The minimum absolute atomic E-state index is 0.197. The molecule has 5 atom stereocenters. The summed E-state index contributed by atoms with van der Waals surface area (Å²) >= 11 is 0. The van der Waals surface area contributed by atoms with Crippen LogP contribution >= 0.6 is 0 Å². The van der Waals surface area contributed by atoms with Gasteiger partial charge in [0.15, 0.2) is 6.10 Å². The minimum atomic E-state index is -1.39. The van der Waals surface area contributed by atoms with E-state index in [-0.39, 0.29) is 24.4 Å². The van der Waals surface area contributed by atoms with Gasteiger partial charge in [-0.25, -0.2) is 0 Å². The van der Waals surface area contributed by atoms with Gasteiger partial charge in [-0.3, -0.25) is 9.59 Å².